The second-order valence-electron chi connectivity index (χ2n) is 3.77. The minimum absolute atomic E-state index is 0.313. The Kier molecular flexibility index (Phi) is 3.57. The fourth-order valence-electron chi connectivity index (χ4n) is 1.82. The first-order valence-electron chi connectivity index (χ1n) is 5.65. The predicted molar refractivity (Wildman–Crippen MR) is 67.2 cm³/mol. The van der Waals surface area contributed by atoms with E-state index < -0.39 is 5.78 Å². The fourth-order valence-corrected chi connectivity index (χ4v) is 1.82. The van der Waals surface area contributed by atoms with Crippen LogP contribution in [0.2, 0.25) is 0 Å². The number of pyridine rings is 2. The predicted octanol–water partition coefficient (Wildman–Crippen LogP) is 2.09. The second kappa shape index (κ2) is 5.31. The third kappa shape index (κ3) is 2.18. The maximum absolute atomic E-state index is 11.6. The highest BCUT2D eigenvalue weighted by Gasteiger charge is 2.14. The van der Waals surface area contributed by atoms with Crippen LogP contribution in [0.5, 0.6) is 0 Å². The van der Waals surface area contributed by atoms with Gasteiger partial charge < -0.3 is 0 Å². The van der Waals surface area contributed by atoms with E-state index in [4.69, 9.17) is 0 Å². The van der Waals surface area contributed by atoms with Crippen molar-refractivity contribution in [3.8, 4) is 11.3 Å². The van der Waals surface area contributed by atoms with E-state index in [1.165, 1.54) is 0 Å². The normalized spacial score (nSPS) is 10.1. The van der Waals surface area contributed by atoms with Crippen LogP contribution in [0.25, 0.3) is 11.3 Å². The molecule has 0 N–H and O–H groups in total. The van der Waals surface area contributed by atoms with Crippen molar-refractivity contribution in [3.63, 3.8) is 0 Å². The molecule has 2 heterocycles. The molecule has 0 aliphatic heterocycles. The van der Waals surface area contributed by atoms with Gasteiger partial charge in [-0.15, -0.1) is 0 Å². The van der Waals surface area contributed by atoms with Crippen molar-refractivity contribution < 1.29 is 9.59 Å². The number of nitrogens with zero attached hydrogens (tertiary/aromatic N) is 2. The number of carbonyl (C=O) groups excluding carboxylic acids is 2. The van der Waals surface area contributed by atoms with Gasteiger partial charge in [0.1, 0.15) is 0 Å². The van der Waals surface area contributed by atoms with Crippen LogP contribution in [0.4, 0.5) is 0 Å². The van der Waals surface area contributed by atoms with Gasteiger partial charge in [-0.3, -0.25) is 19.6 Å². The van der Waals surface area contributed by atoms with Crippen LogP contribution in [-0.4, -0.2) is 22.0 Å². The topological polar surface area (TPSA) is 59.9 Å². The van der Waals surface area contributed by atoms with Gasteiger partial charge in [0, 0.05) is 24.2 Å². The van der Waals surface area contributed by atoms with E-state index in [9.17, 15) is 9.59 Å². The number of aryl methyl sites for hydroxylation is 1. The Morgan fingerprint density at radius 2 is 2.17 bits per heavy atom. The molecule has 0 aromatic carbocycles. The van der Waals surface area contributed by atoms with Crippen molar-refractivity contribution in [1.82, 2.24) is 9.97 Å². The number of hydrogen-bond donors (Lipinski definition) is 0. The fraction of sp³-hybridized carbons (Fsp3) is 0.143. The summed E-state index contributed by atoms with van der Waals surface area (Å²) in [5.41, 5.74) is 2.71. The molecule has 0 unspecified atom stereocenters. The maximum Gasteiger partial charge on any atom is 0.227 e. The van der Waals surface area contributed by atoms with Gasteiger partial charge in [-0.2, -0.15) is 0 Å². The summed E-state index contributed by atoms with van der Waals surface area (Å²) in [6, 6.07) is 5.06. The van der Waals surface area contributed by atoms with Crippen LogP contribution in [0.1, 0.15) is 22.8 Å². The average Bonchev–Trinajstić information content (AvgIpc) is 2.46. The van der Waals surface area contributed by atoms with Gasteiger partial charge in [0.15, 0.2) is 6.29 Å². The van der Waals surface area contributed by atoms with Gasteiger partial charge in [0.2, 0.25) is 5.78 Å². The van der Waals surface area contributed by atoms with Gasteiger partial charge >= 0.3 is 0 Å². The second-order valence-corrected chi connectivity index (χ2v) is 3.77. The van der Waals surface area contributed by atoms with Crippen molar-refractivity contribution in [2.45, 2.75) is 13.3 Å². The highest BCUT2D eigenvalue weighted by molar-refractivity contribution is 6.34. The molecule has 0 atom stereocenters. The standard InChI is InChI=1S/C14H12N2O2/c1-2-10-8-15-7-5-11(10)14-12(13(18)9-17)4-3-6-16-14/h3-9H,2H2,1H3. The molecule has 0 saturated carbocycles. The van der Waals surface area contributed by atoms with Gasteiger partial charge in [-0.05, 0) is 30.2 Å². The number of Topliss-reactive ketones (excluding diaryl/α,β-unsaturated/α-hetero) is 1. The van der Waals surface area contributed by atoms with Crippen LogP contribution in [0.3, 0.4) is 0 Å². The summed E-state index contributed by atoms with van der Waals surface area (Å²) in [6.45, 7) is 2.00. The van der Waals surface area contributed by atoms with Crippen LogP contribution in [-0.2, 0) is 11.2 Å². The number of ketones is 1. The largest absolute Gasteiger partial charge is 0.294 e. The first-order valence-corrected chi connectivity index (χ1v) is 5.65. The lowest BCUT2D eigenvalue weighted by molar-refractivity contribution is -0.104. The molecule has 4 nitrogen and oxygen atoms in total. The maximum atomic E-state index is 11.6. The number of aromatic nitrogens is 2. The smallest absolute Gasteiger partial charge is 0.227 e. The molecule has 0 bridgehead atoms. The molecule has 0 radical (unpaired) electrons. The summed E-state index contributed by atoms with van der Waals surface area (Å²) in [6.07, 6.45) is 6.11. The van der Waals surface area contributed by atoms with Crippen LogP contribution in [0, 0.1) is 0 Å². The highest BCUT2D eigenvalue weighted by atomic mass is 16.2. The minimum atomic E-state index is -0.558. The Balaban J connectivity index is 2.64. The number of hydrogen-bond acceptors (Lipinski definition) is 4. The lowest BCUT2D eigenvalue weighted by atomic mass is 9.99. The summed E-state index contributed by atoms with van der Waals surface area (Å²) in [5.74, 6) is -0.558. The van der Waals surface area contributed by atoms with Crippen molar-refractivity contribution in [1.29, 1.82) is 0 Å². The zero-order chi connectivity index (χ0) is 13.0. The Bertz CT molecular complexity index is 594. The molecule has 2 aromatic rings. The monoisotopic (exact) mass is 240 g/mol. The molecule has 0 aliphatic carbocycles. The number of rotatable bonds is 4. The van der Waals surface area contributed by atoms with E-state index >= 15 is 0 Å². The van der Waals surface area contributed by atoms with Gasteiger partial charge in [-0.1, -0.05) is 6.92 Å². The quantitative estimate of drug-likeness (QED) is 0.466. The van der Waals surface area contributed by atoms with E-state index in [2.05, 4.69) is 9.97 Å². The Hall–Kier alpha value is -2.36. The van der Waals surface area contributed by atoms with E-state index in [1.54, 1.807) is 30.7 Å². The molecular formula is C14H12N2O2. The molecule has 4 heteroatoms. The summed E-state index contributed by atoms with van der Waals surface area (Å²) >= 11 is 0. The molecule has 2 aromatic heterocycles. The Morgan fingerprint density at radius 1 is 1.33 bits per heavy atom. The zero-order valence-electron chi connectivity index (χ0n) is 9.96. The van der Waals surface area contributed by atoms with Crippen molar-refractivity contribution in [2.75, 3.05) is 0 Å². The first-order chi connectivity index (χ1) is 8.77. The minimum Gasteiger partial charge on any atom is -0.294 e. The van der Waals surface area contributed by atoms with Gasteiger partial charge in [-0.25, -0.2) is 0 Å². The summed E-state index contributed by atoms with van der Waals surface area (Å²) in [5, 5.41) is 0. The highest BCUT2D eigenvalue weighted by Crippen LogP contribution is 2.24. The summed E-state index contributed by atoms with van der Waals surface area (Å²) < 4.78 is 0. The molecule has 90 valence electrons. The van der Waals surface area contributed by atoms with Crippen LogP contribution < -0.4 is 0 Å². The number of aldehydes is 1. The Labute approximate surface area is 105 Å². The summed E-state index contributed by atoms with van der Waals surface area (Å²) in [4.78, 5) is 30.5. The number of carbonyl (C=O) groups is 2. The van der Waals surface area contributed by atoms with Crippen LogP contribution >= 0.6 is 0 Å². The van der Waals surface area contributed by atoms with E-state index in [0.29, 0.717) is 17.5 Å². The molecule has 0 saturated heterocycles. The molecule has 0 fully saturated rings. The molecule has 0 aliphatic rings. The third-order valence-corrected chi connectivity index (χ3v) is 2.72. The van der Waals surface area contributed by atoms with E-state index in [0.717, 1.165) is 17.5 Å². The molecule has 2 rings (SSSR count). The van der Waals surface area contributed by atoms with Crippen molar-refractivity contribution in [2.24, 2.45) is 0 Å². The average molecular weight is 240 g/mol. The SMILES string of the molecule is CCc1cnccc1-c1ncccc1C(=O)C=O. The molecule has 0 spiro atoms. The lowest BCUT2D eigenvalue weighted by Gasteiger charge is -2.09. The van der Waals surface area contributed by atoms with Crippen LogP contribution in [0.15, 0.2) is 36.8 Å². The Morgan fingerprint density at radius 3 is 2.89 bits per heavy atom. The van der Waals surface area contributed by atoms with Crippen molar-refractivity contribution >= 4 is 12.1 Å². The lowest BCUT2D eigenvalue weighted by Crippen LogP contribution is -2.05. The van der Waals surface area contributed by atoms with E-state index in [1.807, 2.05) is 13.0 Å². The summed E-state index contributed by atoms with van der Waals surface area (Å²) in [7, 11) is 0. The first kappa shape index (κ1) is 12.1. The molecule has 18 heavy (non-hydrogen) atoms. The molecular weight excluding hydrogens is 228 g/mol. The van der Waals surface area contributed by atoms with Gasteiger partial charge in [0.25, 0.3) is 0 Å². The third-order valence-electron chi connectivity index (χ3n) is 2.72. The molecule has 0 amide bonds. The van der Waals surface area contributed by atoms with E-state index in [-0.39, 0.29) is 0 Å². The van der Waals surface area contributed by atoms with Gasteiger partial charge in [0.05, 0.1) is 11.3 Å². The van der Waals surface area contributed by atoms with Crippen molar-refractivity contribution in [3.05, 3.63) is 47.9 Å². The zero-order valence-corrected chi connectivity index (χ0v) is 9.96.